The molecule has 0 aliphatic carbocycles. The zero-order chi connectivity index (χ0) is 21.4. The highest BCUT2D eigenvalue weighted by Gasteiger charge is 2.11. The first-order valence-corrected chi connectivity index (χ1v) is 10.6. The van der Waals surface area contributed by atoms with Gasteiger partial charge in [0, 0.05) is 29.9 Å². The second kappa shape index (κ2) is 7.80. The number of aromatic nitrogens is 4. The summed E-state index contributed by atoms with van der Waals surface area (Å²) in [5, 5.41) is 0. The minimum absolute atomic E-state index is 0.830. The third kappa shape index (κ3) is 3.50. The molecule has 0 unspecified atom stereocenters. The molecule has 0 radical (unpaired) electrons. The predicted molar refractivity (Wildman–Crippen MR) is 127 cm³/mol. The van der Waals surface area contributed by atoms with Gasteiger partial charge in [-0.1, -0.05) is 0 Å². The first-order valence-electron chi connectivity index (χ1n) is 10.6. The molecular weight excluding hydrogens is 386 g/mol. The molecule has 2 heterocycles. The van der Waals surface area contributed by atoms with Gasteiger partial charge < -0.3 is 19.6 Å². The summed E-state index contributed by atoms with van der Waals surface area (Å²) in [6.45, 7) is 6.31. The van der Waals surface area contributed by atoms with E-state index in [1.807, 2.05) is 30.3 Å². The van der Waals surface area contributed by atoms with Crippen LogP contribution < -0.4 is 9.64 Å². The molecule has 0 aliphatic rings. The number of H-pyrrole nitrogens is 2. The summed E-state index contributed by atoms with van der Waals surface area (Å²) in [7, 11) is 1.67. The Hall–Kier alpha value is -3.80. The van der Waals surface area contributed by atoms with E-state index < -0.39 is 0 Å². The van der Waals surface area contributed by atoms with Crippen molar-refractivity contribution < 1.29 is 4.74 Å². The molecule has 0 saturated carbocycles. The van der Waals surface area contributed by atoms with Crippen LogP contribution >= 0.6 is 0 Å². The van der Waals surface area contributed by atoms with Crippen LogP contribution in [0.4, 0.5) is 5.69 Å². The van der Waals surface area contributed by atoms with E-state index in [1.165, 1.54) is 5.69 Å². The Balaban J connectivity index is 1.50. The molecule has 2 N–H and O–H groups in total. The van der Waals surface area contributed by atoms with Crippen molar-refractivity contribution in [1.82, 2.24) is 19.9 Å². The lowest BCUT2D eigenvalue weighted by Crippen LogP contribution is -2.21. The summed E-state index contributed by atoms with van der Waals surface area (Å²) >= 11 is 0. The van der Waals surface area contributed by atoms with Crippen molar-refractivity contribution in [2.75, 3.05) is 25.1 Å². The average molecular weight is 412 g/mol. The second-order valence-corrected chi connectivity index (χ2v) is 7.50. The molecule has 5 rings (SSSR count). The minimum atomic E-state index is 0.830. The quantitative estimate of drug-likeness (QED) is 0.380. The molecule has 6 heteroatoms. The number of nitrogens with zero attached hydrogens (tertiary/aromatic N) is 3. The number of ether oxygens (including phenoxy) is 1. The summed E-state index contributed by atoms with van der Waals surface area (Å²) < 4.78 is 5.24. The maximum absolute atomic E-state index is 5.24. The zero-order valence-electron chi connectivity index (χ0n) is 17.9. The van der Waals surface area contributed by atoms with E-state index in [-0.39, 0.29) is 0 Å². The zero-order valence-corrected chi connectivity index (χ0v) is 17.9. The second-order valence-electron chi connectivity index (χ2n) is 7.50. The topological polar surface area (TPSA) is 69.8 Å². The third-order valence-corrected chi connectivity index (χ3v) is 5.71. The number of aromatic amines is 2. The van der Waals surface area contributed by atoms with Crippen molar-refractivity contribution in [1.29, 1.82) is 0 Å². The van der Waals surface area contributed by atoms with Crippen molar-refractivity contribution in [3.63, 3.8) is 0 Å². The fraction of sp³-hybridized carbons (Fsp3) is 0.200. The first-order chi connectivity index (χ1) is 15.2. The molecule has 3 aromatic carbocycles. The van der Waals surface area contributed by atoms with E-state index in [4.69, 9.17) is 14.7 Å². The maximum atomic E-state index is 5.24. The van der Waals surface area contributed by atoms with E-state index in [1.54, 1.807) is 7.11 Å². The molecular formula is C25H25N5O. The highest BCUT2D eigenvalue weighted by molar-refractivity contribution is 5.87. The van der Waals surface area contributed by atoms with Crippen molar-refractivity contribution in [2.45, 2.75) is 13.8 Å². The number of fused-ring (bicyclic) bond motifs is 2. The van der Waals surface area contributed by atoms with Crippen molar-refractivity contribution in [2.24, 2.45) is 0 Å². The molecule has 0 bridgehead atoms. The van der Waals surface area contributed by atoms with Crippen LogP contribution in [0.15, 0.2) is 60.7 Å². The van der Waals surface area contributed by atoms with E-state index in [0.717, 1.165) is 63.7 Å². The fourth-order valence-corrected chi connectivity index (χ4v) is 3.96. The van der Waals surface area contributed by atoms with Gasteiger partial charge in [-0.25, -0.2) is 9.97 Å². The van der Waals surface area contributed by atoms with Gasteiger partial charge in [0.05, 0.1) is 29.2 Å². The molecule has 156 valence electrons. The Morgan fingerprint density at radius 3 is 1.97 bits per heavy atom. The number of hydrogen-bond donors (Lipinski definition) is 2. The lowest BCUT2D eigenvalue weighted by atomic mass is 10.2. The first kappa shape index (κ1) is 19.2. The molecule has 5 aromatic rings. The van der Waals surface area contributed by atoms with Crippen LogP contribution in [-0.2, 0) is 0 Å². The number of nitrogens with one attached hydrogen (secondary N) is 2. The Bertz CT molecular complexity index is 1350. The number of methoxy groups -OCH3 is 1. The van der Waals surface area contributed by atoms with Gasteiger partial charge in [0.25, 0.3) is 0 Å². The van der Waals surface area contributed by atoms with Gasteiger partial charge in [-0.15, -0.1) is 0 Å². The number of imidazole rings is 2. The normalized spacial score (nSPS) is 11.3. The Kier molecular flexibility index (Phi) is 4.82. The molecule has 0 aliphatic heterocycles. The van der Waals surface area contributed by atoms with Gasteiger partial charge >= 0.3 is 0 Å². The smallest absolute Gasteiger partial charge is 0.138 e. The van der Waals surface area contributed by atoms with E-state index in [2.05, 4.69) is 59.0 Å². The van der Waals surface area contributed by atoms with Crippen LogP contribution in [0.3, 0.4) is 0 Å². The standard InChI is InChI=1S/C25H25N5O/c1-4-30(5-2)18-9-13-21-23(15-18)29-25(27-21)17-8-12-20-22(14-17)28-24(26-20)16-6-10-19(31-3)11-7-16/h6-15H,4-5H2,1-3H3,(H,26,28)(H,27,29). The molecule has 0 spiro atoms. The molecule has 2 aromatic heterocycles. The summed E-state index contributed by atoms with van der Waals surface area (Å²) in [5.41, 5.74) is 7.17. The van der Waals surface area contributed by atoms with Crippen LogP contribution in [0, 0.1) is 0 Å². The molecule has 0 saturated heterocycles. The predicted octanol–water partition coefficient (Wildman–Crippen LogP) is 5.63. The summed E-state index contributed by atoms with van der Waals surface area (Å²) in [6, 6.07) is 20.5. The molecule has 0 atom stereocenters. The minimum Gasteiger partial charge on any atom is -0.497 e. The van der Waals surface area contributed by atoms with Gasteiger partial charge in [0.2, 0.25) is 0 Å². The van der Waals surface area contributed by atoms with Crippen molar-refractivity contribution >= 4 is 27.8 Å². The van der Waals surface area contributed by atoms with Gasteiger partial charge in [0.15, 0.2) is 0 Å². The third-order valence-electron chi connectivity index (χ3n) is 5.71. The highest BCUT2D eigenvalue weighted by atomic mass is 16.5. The Morgan fingerprint density at radius 2 is 1.32 bits per heavy atom. The molecule has 0 amide bonds. The maximum Gasteiger partial charge on any atom is 0.138 e. The lowest BCUT2D eigenvalue weighted by molar-refractivity contribution is 0.415. The fourth-order valence-electron chi connectivity index (χ4n) is 3.96. The van der Waals surface area contributed by atoms with E-state index in [9.17, 15) is 0 Å². The van der Waals surface area contributed by atoms with Gasteiger partial charge in [-0.2, -0.15) is 0 Å². The average Bonchev–Trinajstić information content (AvgIpc) is 3.43. The van der Waals surface area contributed by atoms with Gasteiger partial charge in [0.1, 0.15) is 17.4 Å². The molecule has 6 nitrogen and oxygen atoms in total. The highest BCUT2D eigenvalue weighted by Crippen LogP contribution is 2.28. The van der Waals surface area contributed by atoms with Crippen molar-refractivity contribution in [3.05, 3.63) is 60.7 Å². The van der Waals surface area contributed by atoms with Gasteiger partial charge in [-0.3, -0.25) is 0 Å². The van der Waals surface area contributed by atoms with Crippen LogP contribution in [-0.4, -0.2) is 40.1 Å². The van der Waals surface area contributed by atoms with Crippen LogP contribution in [0.5, 0.6) is 5.75 Å². The monoisotopic (exact) mass is 411 g/mol. The molecule has 31 heavy (non-hydrogen) atoms. The summed E-state index contributed by atoms with van der Waals surface area (Å²) in [5.74, 6) is 2.52. The number of hydrogen-bond acceptors (Lipinski definition) is 4. The Morgan fingerprint density at radius 1 is 0.742 bits per heavy atom. The molecule has 0 fully saturated rings. The van der Waals surface area contributed by atoms with E-state index >= 15 is 0 Å². The summed E-state index contributed by atoms with van der Waals surface area (Å²) in [4.78, 5) is 18.8. The SMILES string of the molecule is CCN(CC)c1ccc2nc(-c3ccc4nc(-c5ccc(OC)cc5)[nH]c4c3)[nH]c2c1. The Labute approximate surface area is 180 Å². The van der Waals surface area contributed by atoms with Crippen molar-refractivity contribution in [3.8, 4) is 28.5 Å². The van der Waals surface area contributed by atoms with Crippen LogP contribution in [0.2, 0.25) is 0 Å². The number of benzene rings is 3. The van der Waals surface area contributed by atoms with Crippen LogP contribution in [0.25, 0.3) is 44.8 Å². The lowest BCUT2D eigenvalue weighted by Gasteiger charge is -2.20. The summed E-state index contributed by atoms with van der Waals surface area (Å²) in [6.07, 6.45) is 0. The number of rotatable bonds is 6. The van der Waals surface area contributed by atoms with Crippen LogP contribution in [0.1, 0.15) is 13.8 Å². The largest absolute Gasteiger partial charge is 0.497 e. The number of anilines is 1. The van der Waals surface area contributed by atoms with E-state index in [0.29, 0.717) is 0 Å². The van der Waals surface area contributed by atoms with Gasteiger partial charge in [-0.05, 0) is 74.5 Å².